The van der Waals surface area contributed by atoms with Gasteiger partial charge in [-0.3, -0.25) is 33.8 Å². The highest BCUT2D eigenvalue weighted by atomic mass is 32.2. The molecule has 0 heterocycles. The average molecular weight is 911 g/mol. The topological polar surface area (TPSA) is 323 Å². The molecule has 0 saturated carbocycles. The number of aliphatic hydroxyl groups excluding tert-OH is 1. The second-order valence-corrected chi connectivity index (χ2v) is 17.5. The molecule has 0 aliphatic rings. The molecule has 0 aliphatic carbocycles. The molecule has 21 heteroatoms. The molecule has 1 aromatic rings. The van der Waals surface area contributed by atoms with Crippen molar-refractivity contribution in [1.82, 2.24) is 31.9 Å². The van der Waals surface area contributed by atoms with Gasteiger partial charge in [0.2, 0.25) is 35.4 Å². The number of thiol groups is 1. The van der Waals surface area contributed by atoms with Gasteiger partial charge in [0.25, 0.3) is 0 Å². The SMILES string of the molecule is CSCC[C@H](NC(=O)[C@H](CCCCN)NC(=O)[C@@H](NC(=O)[C@@H](NC(=O)[C@H](CCCN=C(N)N)NC(=O)[C@@H](S)Cc1ccccc1)C(C)C)[C@@H](C)O)C(=O)N[C@@H](CC(C)C)C(=O)O. The second kappa shape index (κ2) is 29.7. The normalized spacial score (nSPS) is 15.1. The zero-order valence-corrected chi connectivity index (χ0v) is 38.4. The van der Waals surface area contributed by atoms with E-state index >= 15 is 0 Å². The molecule has 1 aromatic carbocycles. The van der Waals surface area contributed by atoms with Gasteiger partial charge in [-0.25, -0.2) is 4.79 Å². The van der Waals surface area contributed by atoms with Gasteiger partial charge in [0.15, 0.2) is 5.96 Å². The van der Waals surface area contributed by atoms with Crippen molar-refractivity contribution in [3.05, 3.63) is 35.9 Å². The molecule has 0 fully saturated rings. The fourth-order valence-electron chi connectivity index (χ4n) is 6.17. The van der Waals surface area contributed by atoms with Gasteiger partial charge in [-0.05, 0) is 94.2 Å². The molecule has 350 valence electrons. The minimum Gasteiger partial charge on any atom is -0.480 e. The molecule has 0 aromatic heterocycles. The summed E-state index contributed by atoms with van der Waals surface area (Å²) in [6.07, 6.45) is 2.29. The lowest BCUT2D eigenvalue weighted by molar-refractivity contribution is -0.143. The number of thioether (sulfide) groups is 1. The molecule has 14 N–H and O–H groups in total. The summed E-state index contributed by atoms with van der Waals surface area (Å²) in [5.41, 5.74) is 17.4. The fourth-order valence-corrected chi connectivity index (χ4v) is 6.93. The van der Waals surface area contributed by atoms with Gasteiger partial charge in [0.1, 0.15) is 36.3 Å². The average Bonchev–Trinajstić information content (AvgIpc) is 3.20. The monoisotopic (exact) mass is 910 g/mol. The summed E-state index contributed by atoms with van der Waals surface area (Å²) in [4.78, 5) is 97.6. The fraction of sp³-hybridized carbons (Fsp3) is 0.659. The first kappa shape index (κ1) is 55.4. The number of unbranched alkanes of at least 4 members (excludes halogenated alkanes) is 1. The molecule has 6 amide bonds. The third-order valence-electron chi connectivity index (χ3n) is 9.61. The molecule has 0 radical (unpaired) electrons. The second-order valence-electron chi connectivity index (χ2n) is 15.9. The Labute approximate surface area is 374 Å². The third-order valence-corrected chi connectivity index (χ3v) is 10.7. The molecule has 8 atom stereocenters. The highest BCUT2D eigenvalue weighted by Gasteiger charge is 2.36. The highest BCUT2D eigenvalue weighted by Crippen LogP contribution is 2.13. The van der Waals surface area contributed by atoms with Crippen LogP contribution in [-0.2, 0) is 40.0 Å². The van der Waals surface area contributed by atoms with E-state index in [1.165, 1.54) is 18.7 Å². The van der Waals surface area contributed by atoms with Gasteiger partial charge in [-0.1, -0.05) is 58.0 Å². The van der Waals surface area contributed by atoms with Crippen LogP contribution >= 0.6 is 24.4 Å². The van der Waals surface area contributed by atoms with E-state index in [1.54, 1.807) is 13.8 Å². The van der Waals surface area contributed by atoms with Crippen molar-refractivity contribution in [2.45, 2.75) is 134 Å². The van der Waals surface area contributed by atoms with Gasteiger partial charge in [-0.15, -0.1) is 0 Å². The number of nitrogens with two attached hydrogens (primary N) is 3. The van der Waals surface area contributed by atoms with Crippen molar-refractivity contribution in [2.75, 3.05) is 25.1 Å². The van der Waals surface area contributed by atoms with Gasteiger partial charge < -0.3 is 59.3 Å². The molecule has 0 saturated heterocycles. The van der Waals surface area contributed by atoms with Gasteiger partial charge in [-0.2, -0.15) is 24.4 Å². The maximum atomic E-state index is 13.8. The van der Waals surface area contributed by atoms with E-state index in [4.69, 9.17) is 17.2 Å². The van der Waals surface area contributed by atoms with E-state index in [9.17, 15) is 43.8 Å². The number of guanidine groups is 1. The summed E-state index contributed by atoms with van der Waals surface area (Å²) in [7, 11) is 0. The van der Waals surface area contributed by atoms with Crippen molar-refractivity contribution >= 4 is 71.8 Å². The lowest BCUT2D eigenvalue weighted by atomic mass is 10.0. The van der Waals surface area contributed by atoms with E-state index < -0.39 is 94.9 Å². The lowest BCUT2D eigenvalue weighted by Gasteiger charge is -2.29. The Morgan fingerprint density at radius 1 is 0.694 bits per heavy atom. The first-order chi connectivity index (χ1) is 29.2. The number of aliphatic carboxylic acids is 1. The number of rotatable bonds is 30. The Balaban J connectivity index is 3.28. The minimum absolute atomic E-state index is 0.0405. The zero-order valence-electron chi connectivity index (χ0n) is 36.7. The largest absolute Gasteiger partial charge is 0.480 e. The molecule has 0 unspecified atom stereocenters. The quantitative estimate of drug-likeness (QED) is 0.0202. The third kappa shape index (κ3) is 21.5. The molecular formula is C41H70N10O9S2. The predicted molar refractivity (Wildman–Crippen MR) is 244 cm³/mol. The molecule has 0 bridgehead atoms. The van der Waals surface area contributed by atoms with Gasteiger partial charge in [0.05, 0.1) is 11.4 Å². The maximum Gasteiger partial charge on any atom is 0.326 e. The van der Waals surface area contributed by atoms with Crippen LogP contribution in [0.2, 0.25) is 0 Å². The minimum atomic E-state index is -1.61. The number of hydrogen-bond donors (Lipinski definition) is 12. The van der Waals surface area contributed by atoms with E-state index in [1.807, 2.05) is 50.4 Å². The predicted octanol–water partition coefficient (Wildman–Crippen LogP) is -0.461. The Morgan fingerprint density at radius 2 is 1.19 bits per heavy atom. The smallest absolute Gasteiger partial charge is 0.326 e. The molecular weight excluding hydrogens is 841 g/mol. The summed E-state index contributed by atoms with van der Waals surface area (Å²) in [6, 6.07) is 1.64. The number of carboxylic acids is 1. The Bertz CT molecular complexity index is 1620. The molecule has 0 aliphatic heterocycles. The van der Waals surface area contributed by atoms with E-state index in [2.05, 4.69) is 49.5 Å². The summed E-state index contributed by atoms with van der Waals surface area (Å²) in [5, 5.41) is 35.3. The van der Waals surface area contributed by atoms with E-state index in [0.717, 1.165) is 5.56 Å². The Hall–Kier alpha value is -4.60. The van der Waals surface area contributed by atoms with Crippen LogP contribution in [-0.4, -0.2) is 130 Å². The first-order valence-corrected chi connectivity index (χ1v) is 22.8. The number of aliphatic hydroxyl groups is 1. The first-order valence-electron chi connectivity index (χ1n) is 20.9. The van der Waals surface area contributed by atoms with Crippen molar-refractivity contribution in [2.24, 2.45) is 34.0 Å². The summed E-state index contributed by atoms with van der Waals surface area (Å²) < 4.78 is 0. The van der Waals surface area contributed by atoms with Crippen molar-refractivity contribution in [3.63, 3.8) is 0 Å². The number of amides is 6. The molecule has 62 heavy (non-hydrogen) atoms. The molecule has 0 spiro atoms. The van der Waals surface area contributed by atoms with E-state index in [0.29, 0.717) is 31.6 Å². The number of hydrogen-bond acceptors (Lipinski definition) is 12. The lowest BCUT2D eigenvalue weighted by Crippen LogP contribution is -2.62. The van der Waals surface area contributed by atoms with Crippen LogP contribution in [0, 0.1) is 11.8 Å². The Kier molecular flexibility index (Phi) is 26.5. The molecule has 19 nitrogen and oxygen atoms in total. The number of carbonyl (C=O) groups excluding carboxylic acids is 6. The summed E-state index contributed by atoms with van der Waals surface area (Å²) in [5.74, 6) is -5.92. The van der Waals surface area contributed by atoms with Crippen LogP contribution in [0.4, 0.5) is 0 Å². The van der Waals surface area contributed by atoms with Gasteiger partial charge in [0, 0.05) is 6.54 Å². The number of nitrogens with zero attached hydrogens (tertiary/aromatic N) is 1. The van der Waals surface area contributed by atoms with Crippen molar-refractivity contribution in [3.8, 4) is 0 Å². The maximum absolute atomic E-state index is 13.8. The summed E-state index contributed by atoms with van der Waals surface area (Å²) >= 11 is 5.88. The van der Waals surface area contributed by atoms with Crippen LogP contribution in [0.25, 0.3) is 0 Å². The Morgan fingerprint density at radius 3 is 1.71 bits per heavy atom. The van der Waals surface area contributed by atoms with Crippen LogP contribution in [0.1, 0.15) is 85.1 Å². The number of aliphatic imine (C=N–C) groups is 1. The van der Waals surface area contributed by atoms with Crippen LogP contribution < -0.4 is 49.1 Å². The summed E-state index contributed by atoms with van der Waals surface area (Å²) in [6.45, 7) is 8.66. The zero-order chi connectivity index (χ0) is 46.9. The van der Waals surface area contributed by atoms with Gasteiger partial charge >= 0.3 is 5.97 Å². The van der Waals surface area contributed by atoms with Crippen LogP contribution in [0.3, 0.4) is 0 Å². The number of carbonyl (C=O) groups is 7. The van der Waals surface area contributed by atoms with Crippen LogP contribution in [0.5, 0.6) is 0 Å². The van der Waals surface area contributed by atoms with Crippen molar-refractivity contribution < 1.29 is 43.8 Å². The highest BCUT2D eigenvalue weighted by molar-refractivity contribution is 7.98. The number of nitrogens with one attached hydrogen (secondary N) is 6. The van der Waals surface area contributed by atoms with Crippen molar-refractivity contribution in [1.29, 1.82) is 0 Å². The standard InChI is InChI=1S/C41H70N10O9S2/c1-23(2)21-30(40(59)60)49-35(54)29(17-20-62-6)46-34(53)27(15-10-11-18-42)48-39(58)33(25(5)52)51-38(57)32(24(3)4)50-36(55)28(16-12-19-45-41(43)44)47-37(56)31(61)22-26-13-8-7-9-14-26/h7-9,13-14,23-25,27-33,52,61H,10-12,15-22,42H2,1-6H3,(H,46,53)(H,47,56)(H,48,58)(H,49,54)(H,50,55)(H,51,57)(H,59,60)(H4,43,44,45)/t25-,27+,28+,29+,30+,31+,32+,33+/m1/s1. The number of carboxylic acid groups (broad SMARTS) is 1. The molecule has 1 rings (SSSR count). The number of benzene rings is 1. The van der Waals surface area contributed by atoms with E-state index in [-0.39, 0.29) is 50.5 Å². The van der Waals surface area contributed by atoms with Crippen LogP contribution in [0.15, 0.2) is 35.3 Å².